The number of hydrogen-bond acceptors (Lipinski definition) is 4. The van der Waals surface area contributed by atoms with Gasteiger partial charge in [0, 0.05) is 0 Å². The van der Waals surface area contributed by atoms with E-state index in [0.717, 1.165) is 11.8 Å². The number of nitrogens with two attached hydrogens (primary N) is 2. The number of amides is 1. The second-order valence-electron chi connectivity index (χ2n) is 2.99. The fraction of sp³-hybridized carbons (Fsp3) is 0.222. The smallest absolute Gasteiger partial charge is 0.230 e. The lowest BCUT2D eigenvalue weighted by atomic mass is 10.4. The first-order valence-electron chi connectivity index (χ1n) is 4.68. The van der Waals surface area contributed by atoms with E-state index in [-0.39, 0.29) is 22.8 Å². The molecule has 7 nitrogen and oxygen atoms in total. The molecule has 17 heavy (non-hydrogen) atoms. The Kier molecular flexibility index (Phi) is 5.08. The Morgan fingerprint density at radius 1 is 1.59 bits per heavy atom. The molecule has 0 bridgehead atoms. The lowest BCUT2D eigenvalue weighted by molar-refractivity contribution is -0.118. The van der Waals surface area contributed by atoms with E-state index in [2.05, 4.69) is 10.3 Å². The Bertz CT molecular complexity index is 411. The number of nitrogens with zero attached hydrogens (tertiary/aromatic N) is 1. The fourth-order valence-corrected chi connectivity index (χ4v) is 1.47. The van der Waals surface area contributed by atoms with Crippen molar-refractivity contribution in [3.8, 4) is 0 Å². The number of carbonyl (C=O) groups excluding carboxylic acids is 1. The van der Waals surface area contributed by atoms with Crippen LogP contribution in [0.5, 0.6) is 0 Å². The minimum absolute atomic E-state index is 0.0797. The SMILES string of the molecule is N=C(N=C(N)N)SCC(=O)NCc1ccco1. The molecular weight excluding hydrogens is 242 g/mol. The molecule has 0 atom stereocenters. The number of hydrogen-bond donors (Lipinski definition) is 4. The number of aliphatic imine (C=N–C) groups is 1. The second kappa shape index (κ2) is 6.59. The van der Waals surface area contributed by atoms with Gasteiger partial charge in [-0.1, -0.05) is 11.8 Å². The van der Waals surface area contributed by atoms with Crippen LogP contribution < -0.4 is 16.8 Å². The first kappa shape index (κ1) is 13.1. The molecule has 1 heterocycles. The van der Waals surface area contributed by atoms with E-state index < -0.39 is 0 Å². The number of amidine groups is 1. The van der Waals surface area contributed by atoms with Gasteiger partial charge in [-0.15, -0.1) is 0 Å². The third-order valence-electron chi connectivity index (χ3n) is 1.61. The molecule has 0 aliphatic heterocycles. The van der Waals surface area contributed by atoms with Crippen molar-refractivity contribution in [2.24, 2.45) is 16.5 Å². The lowest BCUT2D eigenvalue weighted by Crippen LogP contribution is -2.26. The number of carbonyl (C=O) groups is 1. The van der Waals surface area contributed by atoms with Gasteiger partial charge in [0.1, 0.15) is 5.76 Å². The topological polar surface area (TPSA) is 130 Å². The predicted molar refractivity (Wildman–Crippen MR) is 66.5 cm³/mol. The van der Waals surface area contributed by atoms with Gasteiger partial charge >= 0.3 is 0 Å². The van der Waals surface area contributed by atoms with Crippen molar-refractivity contribution in [1.29, 1.82) is 5.41 Å². The highest BCUT2D eigenvalue weighted by molar-refractivity contribution is 8.14. The molecule has 0 aliphatic rings. The normalized spacial score (nSPS) is 9.65. The van der Waals surface area contributed by atoms with Crippen LogP contribution in [0.15, 0.2) is 27.8 Å². The summed E-state index contributed by atoms with van der Waals surface area (Å²) in [7, 11) is 0. The molecule has 1 aromatic heterocycles. The third-order valence-corrected chi connectivity index (χ3v) is 2.38. The van der Waals surface area contributed by atoms with Crippen LogP contribution in [0.25, 0.3) is 0 Å². The quantitative estimate of drug-likeness (QED) is 0.438. The van der Waals surface area contributed by atoms with Crippen LogP contribution in [0.3, 0.4) is 0 Å². The van der Waals surface area contributed by atoms with Gasteiger partial charge in [-0.2, -0.15) is 4.99 Å². The third kappa shape index (κ3) is 5.61. The average Bonchev–Trinajstić information content (AvgIpc) is 2.75. The summed E-state index contributed by atoms with van der Waals surface area (Å²) in [4.78, 5) is 14.8. The average molecular weight is 255 g/mol. The Balaban J connectivity index is 2.22. The van der Waals surface area contributed by atoms with Gasteiger partial charge in [0.05, 0.1) is 18.6 Å². The Labute approximate surface area is 102 Å². The summed E-state index contributed by atoms with van der Waals surface area (Å²) in [6.45, 7) is 0.321. The van der Waals surface area contributed by atoms with Gasteiger partial charge < -0.3 is 21.2 Å². The maximum atomic E-state index is 11.3. The molecule has 92 valence electrons. The van der Waals surface area contributed by atoms with Crippen LogP contribution >= 0.6 is 11.8 Å². The number of rotatable bonds is 4. The summed E-state index contributed by atoms with van der Waals surface area (Å²) in [5.74, 6) is 0.333. The van der Waals surface area contributed by atoms with Crippen molar-refractivity contribution in [3.05, 3.63) is 24.2 Å². The van der Waals surface area contributed by atoms with E-state index in [9.17, 15) is 4.79 Å². The summed E-state index contributed by atoms with van der Waals surface area (Å²) in [6, 6.07) is 3.50. The lowest BCUT2D eigenvalue weighted by Gasteiger charge is -2.02. The molecule has 1 amide bonds. The van der Waals surface area contributed by atoms with Crippen molar-refractivity contribution >= 4 is 28.8 Å². The zero-order chi connectivity index (χ0) is 12.7. The van der Waals surface area contributed by atoms with Crippen LogP contribution in [0.4, 0.5) is 0 Å². The van der Waals surface area contributed by atoms with Crippen LogP contribution in [0, 0.1) is 5.41 Å². The van der Waals surface area contributed by atoms with Crippen LogP contribution in [-0.2, 0) is 11.3 Å². The summed E-state index contributed by atoms with van der Waals surface area (Å²) in [6.07, 6.45) is 1.53. The largest absolute Gasteiger partial charge is 0.467 e. The summed E-state index contributed by atoms with van der Waals surface area (Å²) < 4.78 is 5.04. The van der Waals surface area contributed by atoms with Crippen molar-refractivity contribution < 1.29 is 9.21 Å². The monoisotopic (exact) mass is 255 g/mol. The highest BCUT2D eigenvalue weighted by Crippen LogP contribution is 2.03. The van der Waals surface area contributed by atoms with Gasteiger partial charge in [-0.05, 0) is 12.1 Å². The first-order chi connectivity index (χ1) is 8.08. The molecule has 0 fully saturated rings. The summed E-state index contributed by atoms with van der Waals surface area (Å²) >= 11 is 0.943. The number of nitrogens with one attached hydrogen (secondary N) is 2. The molecule has 0 unspecified atom stereocenters. The molecule has 0 saturated carbocycles. The zero-order valence-electron chi connectivity index (χ0n) is 8.97. The highest BCUT2D eigenvalue weighted by atomic mass is 32.2. The van der Waals surface area contributed by atoms with E-state index in [1.807, 2.05) is 0 Å². The predicted octanol–water partition coefficient (Wildman–Crippen LogP) is -0.163. The van der Waals surface area contributed by atoms with E-state index in [1.165, 1.54) is 6.26 Å². The van der Waals surface area contributed by atoms with E-state index in [1.54, 1.807) is 12.1 Å². The number of furan rings is 1. The molecule has 1 rings (SSSR count). The van der Waals surface area contributed by atoms with Crippen molar-refractivity contribution in [1.82, 2.24) is 5.32 Å². The maximum absolute atomic E-state index is 11.3. The van der Waals surface area contributed by atoms with Gasteiger partial charge in [0.15, 0.2) is 11.1 Å². The van der Waals surface area contributed by atoms with Crippen LogP contribution in [0.1, 0.15) is 5.76 Å². The standard InChI is InChI=1S/C9H13N5O2S/c10-8(11)14-9(12)17-5-7(15)13-4-6-2-1-3-16-6/h1-3H,4-5H2,(H,13,15)(H5,10,11,12,14). The summed E-state index contributed by atoms with van der Waals surface area (Å²) in [5.41, 5.74) is 10.2. The fourth-order valence-electron chi connectivity index (χ4n) is 0.933. The van der Waals surface area contributed by atoms with E-state index in [0.29, 0.717) is 12.3 Å². The Morgan fingerprint density at radius 2 is 2.35 bits per heavy atom. The molecule has 0 saturated heterocycles. The van der Waals surface area contributed by atoms with Crippen LogP contribution in [0.2, 0.25) is 0 Å². The number of thioether (sulfide) groups is 1. The Morgan fingerprint density at radius 3 is 2.94 bits per heavy atom. The van der Waals surface area contributed by atoms with Crippen LogP contribution in [-0.4, -0.2) is 22.8 Å². The Hall–Kier alpha value is -1.96. The molecule has 6 N–H and O–H groups in total. The van der Waals surface area contributed by atoms with Gasteiger partial charge in [-0.3, -0.25) is 10.2 Å². The van der Waals surface area contributed by atoms with E-state index in [4.69, 9.17) is 21.3 Å². The molecule has 0 spiro atoms. The van der Waals surface area contributed by atoms with Crippen molar-refractivity contribution in [2.75, 3.05) is 5.75 Å². The molecule has 8 heteroatoms. The highest BCUT2D eigenvalue weighted by Gasteiger charge is 2.05. The van der Waals surface area contributed by atoms with Crippen molar-refractivity contribution in [2.45, 2.75) is 6.54 Å². The summed E-state index contributed by atoms with van der Waals surface area (Å²) in [5, 5.41) is 9.83. The molecule has 0 aromatic carbocycles. The maximum Gasteiger partial charge on any atom is 0.230 e. The minimum atomic E-state index is -0.220. The zero-order valence-corrected chi connectivity index (χ0v) is 9.79. The number of guanidine groups is 1. The molecule has 0 aliphatic carbocycles. The van der Waals surface area contributed by atoms with E-state index >= 15 is 0 Å². The molecule has 0 radical (unpaired) electrons. The molecular formula is C9H13N5O2S. The van der Waals surface area contributed by atoms with Crippen molar-refractivity contribution in [3.63, 3.8) is 0 Å². The second-order valence-corrected chi connectivity index (χ2v) is 3.95. The molecule has 1 aromatic rings. The first-order valence-corrected chi connectivity index (χ1v) is 5.66. The minimum Gasteiger partial charge on any atom is -0.467 e. The van der Waals surface area contributed by atoms with Gasteiger partial charge in [-0.25, -0.2) is 0 Å². The van der Waals surface area contributed by atoms with Gasteiger partial charge in [0.2, 0.25) is 5.91 Å². The van der Waals surface area contributed by atoms with Gasteiger partial charge in [0.25, 0.3) is 0 Å².